The molecular formula is C39H60N5O6P. The largest absolute Gasteiger partial charge is 0.486 e. The molecule has 11 nitrogen and oxygen atoms in total. The number of ether oxygens (including phenoxy) is 3. The molecule has 2 aromatic heterocycles. The van der Waals surface area contributed by atoms with E-state index in [1.165, 1.54) is 96.2 Å². The first kappa shape index (κ1) is 40.9. The number of anilines is 1. The molecule has 0 aliphatic carbocycles. The van der Waals surface area contributed by atoms with Crippen LogP contribution in [0.4, 0.5) is 5.82 Å². The maximum absolute atomic E-state index is 10.5. The zero-order chi connectivity index (χ0) is 35.9. The Bertz CT molecular complexity index is 1420. The Hall–Kier alpha value is -2.84. The van der Waals surface area contributed by atoms with Crippen LogP contribution >= 0.6 is 8.60 Å². The van der Waals surface area contributed by atoms with Crippen LogP contribution in [0.2, 0.25) is 0 Å². The van der Waals surface area contributed by atoms with E-state index in [0.29, 0.717) is 30.3 Å². The van der Waals surface area contributed by atoms with E-state index in [1.807, 2.05) is 12.1 Å². The molecule has 1 aliphatic heterocycles. The van der Waals surface area contributed by atoms with Crippen molar-refractivity contribution in [1.29, 1.82) is 5.26 Å². The van der Waals surface area contributed by atoms with E-state index in [4.69, 9.17) is 29.0 Å². The van der Waals surface area contributed by atoms with Crippen LogP contribution in [0.1, 0.15) is 140 Å². The summed E-state index contributed by atoms with van der Waals surface area (Å²) in [5, 5.41) is 13.6. The van der Waals surface area contributed by atoms with Gasteiger partial charge in [-0.05, 0) is 49.6 Å². The van der Waals surface area contributed by atoms with Crippen LogP contribution in [-0.4, -0.2) is 58.1 Å². The van der Waals surface area contributed by atoms with Crippen molar-refractivity contribution in [2.45, 2.75) is 141 Å². The van der Waals surface area contributed by atoms with E-state index < -0.39 is 14.7 Å². The minimum atomic E-state index is -2.16. The molecule has 1 aromatic carbocycles. The van der Waals surface area contributed by atoms with Gasteiger partial charge in [0.15, 0.2) is 5.82 Å². The predicted octanol–water partition coefficient (Wildman–Crippen LogP) is 9.38. The zero-order valence-electron chi connectivity index (χ0n) is 30.6. The van der Waals surface area contributed by atoms with Crippen molar-refractivity contribution in [3.63, 3.8) is 0 Å². The van der Waals surface area contributed by atoms with Gasteiger partial charge in [-0.1, -0.05) is 109 Å². The number of nitriles is 1. The van der Waals surface area contributed by atoms with Gasteiger partial charge in [0.05, 0.1) is 43.3 Å². The van der Waals surface area contributed by atoms with Gasteiger partial charge in [0.2, 0.25) is 0 Å². The Morgan fingerprint density at radius 2 is 1.61 bits per heavy atom. The first-order chi connectivity index (χ1) is 25.1. The molecule has 282 valence electrons. The van der Waals surface area contributed by atoms with Crippen LogP contribution in [-0.2, 0) is 18.5 Å². The van der Waals surface area contributed by atoms with Crippen molar-refractivity contribution in [2.24, 2.45) is 0 Å². The van der Waals surface area contributed by atoms with E-state index in [0.717, 1.165) is 36.9 Å². The summed E-state index contributed by atoms with van der Waals surface area (Å²) in [4.78, 5) is 14.6. The summed E-state index contributed by atoms with van der Waals surface area (Å²) < 4.78 is 31.4. The molecule has 12 heteroatoms. The first-order valence-corrected chi connectivity index (χ1v) is 20.4. The molecule has 3 aromatic rings. The molecular weight excluding hydrogens is 665 g/mol. The molecule has 1 aliphatic rings. The highest BCUT2D eigenvalue weighted by molar-refractivity contribution is 7.40. The second kappa shape index (κ2) is 24.4. The number of nitrogen functional groups attached to an aromatic ring is 1. The Morgan fingerprint density at radius 3 is 2.29 bits per heavy atom. The topological polar surface area (TPSA) is 146 Å². The number of unbranched alkanes of at least 4 members (excludes halogenated alkanes) is 15. The fourth-order valence-electron chi connectivity index (χ4n) is 6.51. The third-order valence-electron chi connectivity index (χ3n) is 9.40. The molecule has 1 fully saturated rings. The summed E-state index contributed by atoms with van der Waals surface area (Å²) in [7, 11) is -2.16. The van der Waals surface area contributed by atoms with Crippen molar-refractivity contribution < 1.29 is 28.2 Å². The highest BCUT2D eigenvalue weighted by Crippen LogP contribution is 2.38. The Morgan fingerprint density at radius 1 is 0.922 bits per heavy atom. The summed E-state index contributed by atoms with van der Waals surface area (Å²) in [6.07, 6.45) is 23.4. The Balaban J connectivity index is 1.07. The number of hydrogen-bond acceptors (Lipinski definition) is 10. The van der Waals surface area contributed by atoms with Gasteiger partial charge >= 0.3 is 8.60 Å². The maximum Gasteiger partial charge on any atom is 0.330 e. The normalized spacial score (nSPS) is 17.1. The highest BCUT2D eigenvalue weighted by Gasteiger charge is 2.30. The number of aromatic nitrogens is 3. The fourth-order valence-corrected chi connectivity index (χ4v) is 7.17. The summed E-state index contributed by atoms with van der Waals surface area (Å²) in [5.74, 6) is 0.968. The van der Waals surface area contributed by atoms with Gasteiger partial charge < -0.3 is 33.9 Å². The maximum atomic E-state index is 10.5. The van der Waals surface area contributed by atoms with Crippen molar-refractivity contribution >= 4 is 19.9 Å². The number of nitrogens with zero attached hydrogens (tertiary/aromatic N) is 4. The Kier molecular flexibility index (Phi) is 19.6. The lowest BCUT2D eigenvalue weighted by molar-refractivity contribution is 0.00198. The molecule has 4 unspecified atom stereocenters. The molecule has 0 spiro atoms. The van der Waals surface area contributed by atoms with Gasteiger partial charge in [0.1, 0.15) is 29.8 Å². The van der Waals surface area contributed by atoms with Crippen LogP contribution in [0, 0.1) is 11.3 Å². The summed E-state index contributed by atoms with van der Waals surface area (Å²) in [5.41, 5.74) is 8.13. The average molecular weight is 726 g/mol. The Labute approximate surface area is 306 Å². The van der Waals surface area contributed by atoms with Crippen LogP contribution in [0.5, 0.6) is 5.75 Å². The quantitative estimate of drug-likeness (QED) is 0.0548. The number of nitrogens with two attached hydrogens (primary N) is 1. The molecule has 51 heavy (non-hydrogen) atoms. The lowest BCUT2D eigenvalue weighted by Crippen LogP contribution is -2.28. The third kappa shape index (κ3) is 15.3. The van der Waals surface area contributed by atoms with E-state index in [1.54, 1.807) is 28.8 Å². The van der Waals surface area contributed by atoms with Gasteiger partial charge in [0.25, 0.3) is 0 Å². The summed E-state index contributed by atoms with van der Waals surface area (Å²) in [6.45, 7) is 3.48. The van der Waals surface area contributed by atoms with Crippen LogP contribution < -0.4 is 10.5 Å². The van der Waals surface area contributed by atoms with E-state index in [9.17, 15) is 10.2 Å². The molecule has 4 rings (SSSR count). The van der Waals surface area contributed by atoms with Crippen LogP contribution in [0.3, 0.4) is 0 Å². The van der Waals surface area contributed by atoms with E-state index >= 15 is 0 Å². The predicted molar refractivity (Wildman–Crippen MR) is 201 cm³/mol. The second-order valence-corrected chi connectivity index (χ2v) is 14.6. The van der Waals surface area contributed by atoms with Gasteiger partial charge in [-0.2, -0.15) is 10.4 Å². The lowest BCUT2D eigenvalue weighted by Gasteiger charge is -2.21. The van der Waals surface area contributed by atoms with Crippen LogP contribution in [0.25, 0.3) is 5.52 Å². The molecule has 3 heterocycles. The molecule has 0 saturated carbocycles. The van der Waals surface area contributed by atoms with Crippen molar-refractivity contribution in [1.82, 2.24) is 14.6 Å². The van der Waals surface area contributed by atoms with Gasteiger partial charge in [-0.25, -0.2) is 9.50 Å². The molecule has 0 amide bonds. The smallest absolute Gasteiger partial charge is 0.330 e. The summed E-state index contributed by atoms with van der Waals surface area (Å²) in [6, 6.07) is 13.0. The van der Waals surface area contributed by atoms with E-state index in [2.05, 4.69) is 23.1 Å². The monoisotopic (exact) mass is 725 g/mol. The lowest BCUT2D eigenvalue weighted by atomic mass is 10.0. The highest BCUT2D eigenvalue weighted by atomic mass is 31.2. The number of fused-ring (bicyclic) bond motifs is 1. The molecule has 0 bridgehead atoms. The van der Waals surface area contributed by atoms with E-state index in [-0.39, 0.29) is 25.4 Å². The van der Waals surface area contributed by atoms with Crippen molar-refractivity contribution in [2.75, 3.05) is 32.2 Å². The second-order valence-electron chi connectivity index (χ2n) is 13.6. The molecule has 1 saturated heterocycles. The number of hydrogen-bond donors (Lipinski definition) is 2. The van der Waals surface area contributed by atoms with Crippen molar-refractivity contribution in [3.8, 4) is 11.8 Å². The molecule has 3 N–H and O–H groups in total. The molecule has 0 radical (unpaired) electrons. The van der Waals surface area contributed by atoms with Gasteiger partial charge in [-0.3, -0.25) is 0 Å². The summed E-state index contributed by atoms with van der Waals surface area (Å²) >= 11 is 0. The SMILES string of the molecule is CCCCCCCCCCCCCCCCCCOCC(COP(O)OCC1CCC(c2ccc3c(N)ncnn23)O1)Oc1cccc(C#N)c1. The third-order valence-corrected chi connectivity index (χ3v) is 10.1. The minimum absolute atomic E-state index is 0.0728. The molecule has 4 atom stereocenters. The van der Waals surface area contributed by atoms with Gasteiger partial charge in [0, 0.05) is 6.61 Å². The van der Waals surface area contributed by atoms with Crippen molar-refractivity contribution in [3.05, 3.63) is 54.0 Å². The number of rotatable bonds is 28. The fraction of sp³-hybridized carbons (Fsp3) is 0.667. The average Bonchev–Trinajstić information content (AvgIpc) is 3.80. The van der Waals surface area contributed by atoms with Gasteiger partial charge in [-0.15, -0.1) is 0 Å². The van der Waals surface area contributed by atoms with Crippen LogP contribution in [0.15, 0.2) is 42.7 Å². The zero-order valence-corrected chi connectivity index (χ0v) is 31.5. The minimum Gasteiger partial charge on any atom is -0.486 e. The first-order valence-electron chi connectivity index (χ1n) is 19.3. The standard InChI is InChI=1S/C39H60N5O6P/c1-2-3-4-5-6-7-8-9-10-11-12-13-14-15-16-17-25-46-28-35(49-33-20-18-19-32(26-33)27-40)30-48-51(45)47-29-34-21-24-38(50-34)36-22-23-37-39(41)42-31-43-44(36)37/h18-20,22-23,26,31,34-35,38,45H,2-17,21,24-25,28-30H2,1H3,(H2,41,42,43). The number of benzene rings is 1.